The lowest BCUT2D eigenvalue weighted by Crippen LogP contribution is -2.11. The van der Waals surface area contributed by atoms with Crippen LogP contribution in [0.2, 0.25) is 0 Å². The fourth-order valence-corrected chi connectivity index (χ4v) is 3.08. The molecule has 0 bridgehead atoms. The second-order valence-electron chi connectivity index (χ2n) is 4.61. The van der Waals surface area contributed by atoms with Crippen molar-refractivity contribution in [2.45, 2.75) is 26.2 Å². The third-order valence-electron chi connectivity index (χ3n) is 3.25. The maximum Gasteiger partial charge on any atom is 0.256 e. The minimum absolute atomic E-state index is 0.0478. The molecule has 1 aromatic carbocycles. The number of benzene rings is 1. The Hall–Kier alpha value is -1.68. The Kier molecular flexibility index (Phi) is 2.88. The molecule has 1 heterocycles. The Morgan fingerprint density at radius 3 is 2.83 bits per heavy atom. The van der Waals surface area contributed by atoms with Crippen molar-refractivity contribution in [1.29, 1.82) is 0 Å². The highest BCUT2D eigenvalue weighted by molar-refractivity contribution is 7.10. The third kappa shape index (κ3) is 2.04. The van der Waals surface area contributed by atoms with Crippen molar-refractivity contribution >= 4 is 22.4 Å². The van der Waals surface area contributed by atoms with Crippen LogP contribution in [-0.2, 0) is 12.8 Å². The number of aromatic nitrogens is 1. The van der Waals surface area contributed by atoms with E-state index in [-0.39, 0.29) is 5.91 Å². The third-order valence-corrected chi connectivity index (χ3v) is 4.09. The number of carbonyl (C=O) groups is 1. The number of hydrogen-bond acceptors (Lipinski definition) is 3. The highest BCUT2D eigenvalue weighted by Crippen LogP contribution is 2.32. The monoisotopic (exact) mass is 258 g/mol. The SMILES string of the molecule is Cc1ccc(C(=O)Nc2snc3c2CCC3)cc1. The summed E-state index contributed by atoms with van der Waals surface area (Å²) in [5.74, 6) is -0.0478. The van der Waals surface area contributed by atoms with Crippen molar-refractivity contribution in [1.82, 2.24) is 4.37 Å². The number of amides is 1. The molecule has 0 saturated heterocycles. The second kappa shape index (κ2) is 4.53. The molecule has 0 unspecified atom stereocenters. The van der Waals surface area contributed by atoms with Crippen LogP contribution < -0.4 is 5.32 Å². The van der Waals surface area contributed by atoms with Crippen LogP contribution >= 0.6 is 11.5 Å². The molecule has 1 N–H and O–H groups in total. The first-order chi connectivity index (χ1) is 8.74. The van der Waals surface area contributed by atoms with E-state index in [4.69, 9.17) is 0 Å². The van der Waals surface area contributed by atoms with E-state index in [2.05, 4.69) is 9.69 Å². The number of rotatable bonds is 2. The van der Waals surface area contributed by atoms with Gasteiger partial charge in [-0.2, -0.15) is 4.37 Å². The summed E-state index contributed by atoms with van der Waals surface area (Å²) in [6.45, 7) is 2.01. The van der Waals surface area contributed by atoms with Gasteiger partial charge in [0.05, 0.1) is 5.69 Å². The largest absolute Gasteiger partial charge is 0.312 e. The van der Waals surface area contributed by atoms with Crippen LogP contribution in [0.3, 0.4) is 0 Å². The normalized spacial score (nSPS) is 13.4. The van der Waals surface area contributed by atoms with Gasteiger partial charge in [-0.3, -0.25) is 4.79 Å². The van der Waals surface area contributed by atoms with Crippen LogP contribution in [0.5, 0.6) is 0 Å². The summed E-state index contributed by atoms with van der Waals surface area (Å²) in [4.78, 5) is 12.1. The second-order valence-corrected chi connectivity index (χ2v) is 5.38. The molecule has 0 fully saturated rings. The molecule has 0 aliphatic heterocycles. The van der Waals surface area contributed by atoms with Crippen LogP contribution in [0, 0.1) is 6.92 Å². The molecule has 92 valence electrons. The van der Waals surface area contributed by atoms with Gasteiger partial charge in [-0.1, -0.05) is 17.7 Å². The van der Waals surface area contributed by atoms with Crippen molar-refractivity contribution in [2.24, 2.45) is 0 Å². The molecule has 3 nitrogen and oxygen atoms in total. The Morgan fingerprint density at radius 2 is 2.06 bits per heavy atom. The molecule has 1 aromatic heterocycles. The van der Waals surface area contributed by atoms with Gasteiger partial charge in [-0.15, -0.1) is 0 Å². The van der Waals surface area contributed by atoms with Gasteiger partial charge in [0.25, 0.3) is 5.91 Å². The number of aryl methyl sites for hydroxylation is 2. The fourth-order valence-electron chi connectivity index (χ4n) is 2.21. The molecular weight excluding hydrogens is 244 g/mol. The summed E-state index contributed by atoms with van der Waals surface area (Å²) in [5, 5.41) is 3.90. The number of fused-ring (bicyclic) bond motifs is 1. The summed E-state index contributed by atoms with van der Waals surface area (Å²) in [5.41, 5.74) is 4.26. The number of nitrogens with one attached hydrogen (secondary N) is 1. The Bertz CT molecular complexity index is 586. The topological polar surface area (TPSA) is 42.0 Å². The molecule has 3 rings (SSSR count). The van der Waals surface area contributed by atoms with Crippen LogP contribution in [-0.4, -0.2) is 10.3 Å². The molecule has 1 aliphatic carbocycles. The van der Waals surface area contributed by atoms with Crippen LogP contribution in [0.1, 0.15) is 33.6 Å². The van der Waals surface area contributed by atoms with Gasteiger partial charge in [0.1, 0.15) is 5.00 Å². The molecule has 2 aromatic rings. The standard InChI is InChI=1S/C14H14N2OS/c1-9-5-7-10(8-6-9)13(17)15-14-11-3-2-4-12(11)16-18-14/h5-8H,2-4H2,1H3,(H,15,17). The van der Waals surface area contributed by atoms with Gasteiger partial charge in [0.2, 0.25) is 0 Å². The van der Waals surface area contributed by atoms with Crippen molar-refractivity contribution in [3.63, 3.8) is 0 Å². The van der Waals surface area contributed by atoms with Gasteiger partial charge >= 0.3 is 0 Å². The first kappa shape index (κ1) is 11.4. The van der Waals surface area contributed by atoms with E-state index in [1.54, 1.807) is 0 Å². The predicted molar refractivity (Wildman–Crippen MR) is 73.3 cm³/mol. The number of hydrogen-bond donors (Lipinski definition) is 1. The molecule has 0 radical (unpaired) electrons. The summed E-state index contributed by atoms with van der Waals surface area (Å²) < 4.78 is 4.38. The van der Waals surface area contributed by atoms with E-state index in [1.807, 2.05) is 31.2 Å². The molecular formula is C14H14N2OS. The van der Waals surface area contributed by atoms with Crippen molar-refractivity contribution < 1.29 is 4.79 Å². The highest BCUT2D eigenvalue weighted by atomic mass is 32.1. The highest BCUT2D eigenvalue weighted by Gasteiger charge is 2.20. The van der Waals surface area contributed by atoms with Crippen LogP contribution in [0.15, 0.2) is 24.3 Å². The average molecular weight is 258 g/mol. The summed E-state index contributed by atoms with van der Waals surface area (Å²) in [7, 11) is 0. The van der Waals surface area contributed by atoms with Crippen molar-refractivity contribution in [3.05, 3.63) is 46.6 Å². The number of anilines is 1. The quantitative estimate of drug-likeness (QED) is 0.898. The Labute approximate surface area is 110 Å². The average Bonchev–Trinajstić information content (AvgIpc) is 2.95. The summed E-state index contributed by atoms with van der Waals surface area (Å²) >= 11 is 1.40. The van der Waals surface area contributed by atoms with Crippen LogP contribution in [0.4, 0.5) is 5.00 Å². The minimum atomic E-state index is -0.0478. The zero-order chi connectivity index (χ0) is 12.5. The maximum atomic E-state index is 12.1. The molecule has 1 amide bonds. The van der Waals surface area contributed by atoms with E-state index in [9.17, 15) is 4.79 Å². The summed E-state index contributed by atoms with van der Waals surface area (Å²) in [6, 6.07) is 7.61. The van der Waals surface area contributed by atoms with Gasteiger partial charge < -0.3 is 5.32 Å². The van der Waals surface area contributed by atoms with Crippen molar-refractivity contribution in [2.75, 3.05) is 5.32 Å². The van der Waals surface area contributed by atoms with Gasteiger partial charge in [0.15, 0.2) is 0 Å². The van der Waals surface area contributed by atoms with E-state index in [0.717, 1.165) is 29.8 Å². The number of carbonyl (C=O) groups excluding carboxylic acids is 1. The Morgan fingerprint density at radius 1 is 1.28 bits per heavy atom. The van der Waals surface area contributed by atoms with E-state index in [0.29, 0.717) is 5.56 Å². The van der Waals surface area contributed by atoms with Crippen molar-refractivity contribution in [3.8, 4) is 0 Å². The Balaban J connectivity index is 1.80. The van der Waals surface area contributed by atoms with Gasteiger partial charge in [-0.05, 0) is 49.9 Å². The first-order valence-corrected chi connectivity index (χ1v) is 6.87. The van der Waals surface area contributed by atoms with E-state index >= 15 is 0 Å². The number of nitrogens with zero attached hydrogens (tertiary/aromatic N) is 1. The van der Waals surface area contributed by atoms with Gasteiger partial charge in [-0.25, -0.2) is 0 Å². The maximum absolute atomic E-state index is 12.1. The lowest BCUT2D eigenvalue weighted by Gasteiger charge is -2.04. The fraction of sp³-hybridized carbons (Fsp3) is 0.286. The predicted octanol–water partition coefficient (Wildman–Crippen LogP) is 3.19. The van der Waals surface area contributed by atoms with Crippen LogP contribution in [0.25, 0.3) is 0 Å². The molecule has 0 atom stereocenters. The van der Waals surface area contributed by atoms with E-state index < -0.39 is 0 Å². The lowest BCUT2D eigenvalue weighted by atomic mass is 10.1. The zero-order valence-corrected chi connectivity index (χ0v) is 11.0. The minimum Gasteiger partial charge on any atom is -0.312 e. The molecule has 0 spiro atoms. The lowest BCUT2D eigenvalue weighted by molar-refractivity contribution is 0.102. The van der Waals surface area contributed by atoms with E-state index in [1.165, 1.54) is 22.8 Å². The molecule has 0 saturated carbocycles. The first-order valence-electron chi connectivity index (χ1n) is 6.09. The zero-order valence-electron chi connectivity index (χ0n) is 10.2. The molecule has 18 heavy (non-hydrogen) atoms. The molecule has 1 aliphatic rings. The molecule has 4 heteroatoms. The smallest absolute Gasteiger partial charge is 0.256 e. The summed E-state index contributed by atoms with van der Waals surface area (Å²) in [6.07, 6.45) is 3.24. The van der Waals surface area contributed by atoms with Gasteiger partial charge in [0, 0.05) is 11.1 Å².